The van der Waals surface area contributed by atoms with Crippen molar-refractivity contribution in [1.82, 2.24) is 14.6 Å². The van der Waals surface area contributed by atoms with Crippen molar-refractivity contribution in [2.75, 3.05) is 30.7 Å². The van der Waals surface area contributed by atoms with Gasteiger partial charge >= 0.3 is 0 Å². The van der Waals surface area contributed by atoms with Crippen LogP contribution in [0.1, 0.15) is 43.0 Å². The van der Waals surface area contributed by atoms with E-state index in [1.807, 2.05) is 0 Å². The zero-order valence-electron chi connectivity index (χ0n) is 12.4. The predicted octanol–water partition coefficient (Wildman–Crippen LogP) is 1.51. The van der Waals surface area contributed by atoms with Gasteiger partial charge in [0, 0.05) is 25.2 Å². The summed E-state index contributed by atoms with van der Waals surface area (Å²) in [5.41, 5.74) is 6.36. The molecule has 0 atom stereocenters. The molecule has 0 saturated heterocycles. The molecule has 0 unspecified atom stereocenters. The molecule has 1 aromatic heterocycles. The molecule has 1 heterocycles. The van der Waals surface area contributed by atoms with Crippen LogP contribution in [0.15, 0.2) is 0 Å². The number of aromatic nitrogens is 1. The largest absolute Gasteiger partial charge is 0.382 e. The average molecular weight is 309 g/mol. The number of carbonyl (C=O) groups is 1. The lowest BCUT2D eigenvalue weighted by atomic mass is 10.3. The van der Waals surface area contributed by atoms with Crippen molar-refractivity contribution in [3.63, 3.8) is 0 Å². The van der Waals surface area contributed by atoms with E-state index in [0.29, 0.717) is 17.4 Å². The number of nitrogens with one attached hydrogen (secondary N) is 2. The van der Waals surface area contributed by atoms with E-state index in [2.05, 4.69) is 26.8 Å². The zero-order valence-corrected chi connectivity index (χ0v) is 13.2. The Morgan fingerprint density at radius 2 is 2.19 bits per heavy atom. The molecule has 0 aromatic carbocycles. The third kappa shape index (κ3) is 3.65. The van der Waals surface area contributed by atoms with Crippen LogP contribution in [-0.4, -0.2) is 46.9 Å². The number of carbonyl (C=O) groups excluding carboxylic acids is 1. The molecule has 1 amide bonds. The molecule has 2 aliphatic carbocycles. The summed E-state index contributed by atoms with van der Waals surface area (Å²) in [7, 11) is 0. The van der Waals surface area contributed by atoms with Gasteiger partial charge in [0.15, 0.2) is 5.82 Å². The minimum Gasteiger partial charge on any atom is -0.382 e. The number of rotatable bonds is 8. The quantitative estimate of drug-likeness (QED) is 0.678. The molecule has 6 nitrogen and oxygen atoms in total. The van der Waals surface area contributed by atoms with Crippen molar-refractivity contribution in [1.29, 1.82) is 0 Å². The van der Waals surface area contributed by atoms with E-state index in [-0.39, 0.29) is 5.91 Å². The maximum Gasteiger partial charge on any atom is 0.258 e. The molecular weight excluding hydrogens is 286 g/mol. The molecule has 2 fully saturated rings. The number of nitrogens with two attached hydrogens (primary N) is 1. The molecular formula is C14H23N5OS. The van der Waals surface area contributed by atoms with Gasteiger partial charge in [-0.25, -0.2) is 0 Å². The first-order valence-electron chi connectivity index (χ1n) is 7.73. The second kappa shape index (κ2) is 6.19. The summed E-state index contributed by atoms with van der Waals surface area (Å²) < 4.78 is 4.11. The van der Waals surface area contributed by atoms with E-state index in [1.165, 1.54) is 24.4 Å². The number of likely N-dealkylation sites (N-methyl/N-ethyl adjacent to an activating group) is 1. The van der Waals surface area contributed by atoms with Gasteiger partial charge in [0.1, 0.15) is 10.6 Å². The number of anilines is 2. The van der Waals surface area contributed by atoms with Crippen LogP contribution in [-0.2, 0) is 0 Å². The van der Waals surface area contributed by atoms with Gasteiger partial charge in [0.2, 0.25) is 0 Å². The minimum atomic E-state index is -0.0965. The molecule has 0 spiro atoms. The van der Waals surface area contributed by atoms with Gasteiger partial charge in [-0.2, -0.15) is 4.37 Å². The zero-order chi connectivity index (χ0) is 14.8. The van der Waals surface area contributed by atoms with E-state index in [1.54, 1.807) is 0 Å². The summed E-state index contributed by atoms with van der Waals surface area (Å²) in [5, 5.41) is 7.09. The van der Waals surface area contributed by atoms with Gasteiger partial charge in [-0.1, -0.05) is 6.92 Å². The fourth-order valence-electron chi connectivity index (χ4n) is 2.48. The second-order valence-electron chi connectivity index (χ2n) is 5.81. The Morgan fingerprint density at radius 3 is 2.81 bits per heavy atom. The first-order chi connectivity index (χ1) is 10.2. The van der Waals surface area contributed by atoms with Crippen molar-refractivity contribution in [2.24, 2.45) is 0 Å². The standard InChI is InChI=1S/C14H23N5OS/c1-2-19(10-5-6-10)8-7-16-14-11(12(15)18-21-14)13(20)17-9-3-4-9/h9-10,16H,2-8H2,1H3,(H2,15,18)(H,17,20). The normalized spacial score (nSPS) is 18.0. The molecule has 116 valence electrons. The summed E-state index contributed by atoms with van der Waals surface area (Å²) in [6, 6.07) is 1.09. The van der Waals surface area contributed by atoms with Crippen molar-refractivity contribution in [3.05, 3.63) is 5.56 Å². The first-order valence-corrected chi connectivity index (χ1v) is 8.50. The first kappa shape index (κ1) is 14.6. The Morgan fingerprint density at radius 1 is 1.43 bits per heavy atom. The van der Waals surface area contributed by atoms with Crippen LogP contribution in [0.5, 0.6) is 0 Å². The molecule has 21 heavy (non-hydrogen) atoms. The molecule has 3 rings (SSSR count). The molecule has 2 saturated carbocycles. The van der Waals surface area contributed by atoms with Gasteiger partial charge < -0.3 is 16.4 Å². The maximum absolute atomic E-state index is 12.2. The fourth-order valence-corrected chi connectivity index (χ4v) is 3.22. The van der Waals surface area contributed by atoms with Gasteiger partial charge in [-0.15, -0.1) is 0 Å². The van der Waals surface area contributed by atoms with E-state index in [4.69, 9.17) is 5.73 Å². The molecule has 2 aliphatic rings. The van der Waals surface area contributed by atoms with Crippen LogP contribution in [0, 0.1) is 0 Å². The predicted molar refractivity (Wildman–Crippen MR) is 85.8 cm³/mol. The molecule has 4 N–H and O–H groups in total. The SMILES string of the molecule is CCN(CCNc1snc(N)c1C(=O)NC1CC1)C1CC1. The van der Waals surface area contributed by atoms with Crippen molar-refractivity contribution >= 4 is 28.3 Å². The lowest BCUT2D eigenvalue weighted by Crippen LogP contribution is -2.31. The molecule has 7 heteroatoms. The molecule has 1 aromatic rings. The smallest absolute Gasteiger partial charge is 0.258 e. The lowest BCUT2D eigenvalue weighted by Gasteiger charge is -2.19. The van der Waals surface area contributed by atoms with Crippen LogP contribution in [0.4, 0.5) is 10.8 Å². The van der Waals surface area contributed by atoms with Gasteiger partial charge in [-0.3, -0.25) is 9.69 Å². The number of nitrogens with zero attached hydrogens (tertiary/aromatic N) is 2. The van der Waals surface area contributed by atoms with Crippen molar-refractivity contribution < 1.29 is 4.79 Å². The Hall–Kier alpha value is -1.34. The van der Waals surface area contributed by atoms with E-state index in [9.17, 15) is 4.79 Å². The summed E-state index contributed by atoms with van der Waals surface area (Å²) in [5.74, 6) is 0.232. The highest BCUT2D eigenvalue weighted by Gasteiger charge is 2.29. The molecule has 0 bridgehead atoms. The van der Waals surface area contributed by atoms with Crippen LogP contribution in [0.2, 0.25) is 0 Å². The molecule has 0 radical (unpaired) electrons. The van der Waals surface area contributed by atoms with Crippen LogP contribution >= 0.6 is 11.5 Å². The average Bonchev–Trinajstić information content (AvgIpc) is 3.36. The summed E-state index contributed by atoms with van der Waals surface area (Å²) in [6.07, 6.45) is 4.77. The highest BCUT2D eigenvalue weighted by Crippen LogP contribution is 2.29. The number of hydrogen-bond donors (Lipinski definition) is 3. The summed E-state index contributed by atoms with van der Waals surface area (Å²) in [4.78, 5) is 14.7. The highest BCUT2D eigenvalue weighted by atomic mass is 32.1. The maximum atomic E-state index is 12.2. The Labute approximate surface area is 129 Å². The number of nitrogen functional groups attached to an aromatic ring is 1. The Balaban J connectivity index is 1.55. The van der Waals surface area contributed by atoms with Crippen molar-refractivity contribution in [2.45, 2.75) is 44.7 Å². The highest BCUT2D eigenvalue weighted by molar-refractivity contribution is 7.11. The minimum absolute atomic E-state index is 0.0965. The van der Waals surface area contributed by atoms with Crippen molar-refractivity contribution in [3.8, 4) is 0 Å². The van der Waals surface area contributed by atoms with Crippen LogP contribution < -0.4 is 16.4 Å². The number of amides is 1. The fraction of sp³-hybridized carbons (Fsp3) is 0.714. The third-order valence-electron chi connectivity index (χ3n) is 4.01. The lowest BCUT2D eigenvalue weighted by molar-refractivity contribution is 0.0953. The second-order valence-corrected chi connectivity index (χ2v) is 6.58. The topological polar surface area (TPSA) is 83.3 Å². The Kier molecular flexibility index (Phi) is 4.30. The Bertz CT molecular complexity index is 509. The van der Waals surface area contributed by atoms with Gasteiger partial charge in [0.25, 0.3) is 5.91 Å². The van der Waals surface area contributed by atoms with Crippen LogP contribution in [0.25, 0.3) is 0 Å². The summed E-state index contributed by atoms with van der Waals surface area (Å²) >= 11 is 1.27. The summed E-state index contributed by atoms with van der Waals surface area (Å²) in [6.45, 7) is 5.07. The monoisotopic (exact) mass is 309 g/mol. The molecule has 0 aliphatic heterocycles. The van der Waals surface area contributed by atoms with Gasteiger partial charge in [0.05, 0.1) is 0 Å². The third-order valence-corrected chi connectivity index (χ3v) is 4.83. The van der Waals surface area contributed by atoms with E-state index >= 15 is 0 Å². The van der Waals surface area contributed by atoms with Crippen LogP contribution in [0.3, 0.4) is 0 Å². The van der Waals surface area contributed by atoms with E-state index in [0.717, 1.165) is 43.5 Å². The van der Waals surface area contributed by atoms with Gasteiger partial charge in [-0.05, 0) is 43.8 Å². The van der Waals surface area contributed by atoms with E-state index < -0.39 is 0 Å². The number of hydrogen-bond acceptors (Lipinski definition) is 6.